The van der Waals surface area contributed by atoms with E-state index in [9.17, 15) is 18.0 Å². The van der Waals surface area contributed by atoms with Gasteiger partial charge in [0.05, 0.1) is 15.6 Å². The standard InChI is InChI=1S/C26H25ClN2O4S/c1-26(2)24(30)29(23-14-13-21(16-22(23)27)34(3,32)33)25(31)28(26)17-20-12-8-7-11-19(20)15-18-9-5-4-6-10-18/h4-14,16H,15,17H2,1-3H3. The van der Waals surface area contributed by atoms with Crippen molar-refractivity contribution in [3.8, 4) is 0 Å². The lowest BCUT2D eigenvalue weighted by Gasteiger charge is -2.28. The fraction of sp³-hybridized carbons (Fsp3) is 0.231. The SMILES string of the molecule is CC1(C)C(=O)N(c2ccc(S(C)(=O)=O)cc2Cl)C(=O)N1Cc1ccccc1Cc1ccccc1. The van der Waals surface area contributed by atoms with Crippen LogP contribution in [0.3, 0.4) is 0 Å². The zero-order valence-electron chi connectivity index (χ0n) is 19.2. The third kappa shape index (κ3) is 4.45. The normalized spacial score (nSPS) is 15.8. The number of nitrogens with zero attached hydrogens (tertiary/aromatic N) is 2. The average Bonchev–Trinajstić information content (AvgIpc) is 2.94. The van der Waals surface area contributed by atoms with Crippen molar-refractivity contribution in [3.05, 3.63) is 94.5 Å². The third-order valence-electron chi connectivity index (χ3n) is 6.10. The minimum absolute atomic E-state index is 0.0197. The molecule has 0 atom stereocenters. The highest BCUT2D eigenvalue weighted by Gasteiger charge is 2.52. The molecule has 1 saturated heterocycles. The number of anilines is 1. The number of benzene rings is 3. The molecule has 3 amide bonds. The van der Waals surface area contributed by atoms with Crippen LogP contribution in [0.2, 0.25) is 5.02 Å². The molecule has 34 heavy (non-hydrogen) atoms. The molecule has 3 aromatic carbocycles. The number of hydrogen-bond donors (Lipinski definition) is 0. The Morgan fingerprint density at radius 3 is 2.12 bits per heavy atom. The van der Waals surface area contributed by atoms with Crippen molar-refractivity contribution in [2.24, 2.45) is 0 Å². The highest BCUT2D eigenvalue weighted by atomic mass is 35.5. The molecule has 0 saturated carbocycles. The topological polar surface area (TPSA) is 74.8 Å². The zero-order valence-corrected chi connectivity index (χ0v) is 20.7. The van der Waals surface area contributed by atoms with Crippen molar-refractivity contribution in [2.45, 2.75) is 37.2 Å². The van der Waals surface area contributed by atoms with Gasteiger partial charge in [-0.15, -0.1) is 0 Å². The largest absolute Gasteiger partial charge is 0.332 e. The summed E-state index contributed by atoms with van der Waals surface area (Å²) in [6, 6.07) is 21.4. The van der Waals surface area contributed by atoms with Gasteiger partial charge in [0, 0.05) is 12.8 Å². The van der Waals surface area contributed by atoms with E-state index in [0.29, 0.717) is 6.42 Å². The molecule has 1 fully saturated rings. The average molecular weight is 497 g/mol. The Labute approximate surface area is 204 Å². The molecule has 0 bridgehead atoms. The highest BCUT2D eigenvalue weighted by Crippen LogP contribution is 2.37. The molecule has 0 aliphatic carbocycles. The Balaban J connectivity index is 1.67. The number of urea groups is 1. The van der Waals surface area contributed by atoms with E-state index < -0.39 is 27.3 Å². The van der Waals surface area contributed by atoms with Gasteiger partial charge in [0.25, 0.3) is 5.91 Å². The van der Waals surface area contributed by atoms with Gasteiger partial charge in [-0.2, -0.15) is 0 Å². The molecule has 4 rings (SSSR count). The molecule has 0 aromatic heterocycles. The van der Waals surface area contributed by atoms with Crippen LogP contribution >= 0.6 is 11.6 Å². The quantitative estimate of drug-likeness (QED) is 0.446. The van der Waals surface area contributed by atoms with E-state index in [0.717, 1.165) is 27.8 Å². The van der Waals surface area contributed by atoms with E-state index in [1.165, 1.54) is 23.1 Å². The maximum Gasteiger partial charge on any atom is 0.332 e. The molecule has 1 aliphatic rings. The van der Waals surface area contributed by atoms with Crippen molar-refractivity contribution in [3.63, 3.8) is 0 Å². The molecule has 0 N–H and O–H groups in total. The van der Waals surface area contributed by atoms with E-state index in [1.807, 2.05) is 42.5 Å². The van der Waals surface area contributed by atoms with Crippen LogP contribution in [-0.2, 0) is 27.6 Å². The lowest BCUT2D eigenvalue weighted by atomic mass is 9.97. The Bertz CT molecular complexity index is 1370. The van der Waals surface area contributed by atoms with E-state index in [4.69, 9.17) is 11.6 Å². The summed E-state index contributed by atoms with van der Waals surface area (Å²) in [6.07, 6.45) is 1.78. The maximum absolute atomic E-state index is 13.5. The summed E-state index contributed by atoms with van der Waals surface area (Å²) in [5.41, 5.74) is 2.21. The van der Waals surface area contributed by atoms with Crippen molar-refractivity contribution in [1.82, 2.24) is 4.90 Å². The van der Waals surface area contributed by atoms with Crippen molar-refractivity contribution in [2.75, 3.05) is 11.2 Å². The Hall–Kier alpha value is -3.16. The predicted octanol–water partition coefficient (Wildman–Crippen LogP) is 5.08. The summed E-state index contributed by atoms with van der Waals surface area (Å²) in [5, 5.41) is 0.0201. The van der Waals surface area contributed by atoms with E-state index >= 15 is 0 Å². The van der Waals surface area contributed by atoms with Crippen molar-refractivity contribution >= 4 is 39.1 Å². The van der Waals surface area contributed by atoms with Crippen LogP contribution in [-0.4, -0.2) is 37.1 Å². The summed E-state index contributed by atoms with van der Waals surface area (Å²) in [6.45, 7) is 3.65. The van der Waals surface area contributed by atoms with Crippen molar-refractivity contribution < 1.29 is 18.0 Å². The molecule has 1 heterocycles. The summed E-state index contributed by atoms with van der Waals surface area (Å²) in [5.74, 6) is -0.424. The van der Waals surface area contributed by atoms with Gasteiger partial charge in [-0.05, 0) is 55.2 Å². The van der Waals surface area contributed by atoms with Gasteiger partial charge in [0.2, 0.25) is 0 Å². The second-order valence-electron chi connectivity index (χ2n) is 8.88. The number of sulfone groups is 1. The third-order valence-corrected chi connectivity index (χ3v) is 7.51. The smallest absolute Gasteiger partial charge is 0.305 e. The molecule has 1 aliphatic heterocycles. The summed E-state index contributed by atoms with van der Waals surface area (Å²) in [4.78, 5) is 29.4. The van der Waals surface area contributed by atoms with Crippen LogP contribution in [0.25, 0.3) is 0 Å². The number of amides is 3. The van der Waals surface area contributed by atoms with Gasteiger partial charge >= 0.3 is 6.03 Å². The van der Waals surface area contributed by atoms with Crippen LogP contribution in [0, 0.1) is 0 Å². The monoisotopic (exact) mass is 496 g/mol. The molecule has 0 unspecified atom stereocenters. The van der Waals surface area contributed by atoms with Crippen molar-refractivity contribution in [1.29, 1.82) is 0 Å². The number of carbonyl (C=O) groups excluding carboxylic acids is 2. The first-order chi connectivity index (χ1) is 16.0. The summed E-state index contributed by atoms with van der Waals surface area (Å²) < 4.78 is 23.7. The first-order valence-electron chi connectivity index (χ1n) is 10.8. The number of imide groups is 1. The van der Waals surface area contributed by atoms with Gasteiger partial charge in [0.15, 0.2) is 9.84 Å². The lowest BCUT2D eigenvalue weighted by Crippen LogP contribution is -2.43. The Kier molecular flexibility index (Phi) is 6.27. The molecule has 8 heteroatoms. The summed E-state index contributed by atoms with van der Waals surface area (Å²) in [7, 11) is -3.48. The molecule has 176 valence electrons. The molecular weight excluding hydrogens is 472 g/mol. The van der Waals surface area contributed by atoms with Crippen LogP contribution in [0.1, 0.15) is 30.5 Å². The number of rotatable bonds is 6. The highest BCUT2D eigenvalue weighted by molar-refractivity contribution is 7.90. The molecule has 3 aromatic rings. The van der Waals surface area contributed by atoms with E-state index in [1.54, 1.807) is 13.8 Å². The number of carbonyl (C=O) groups is 2. The zero-order chi connectivity index (χ0) is 24.7. The van der Waals surface area contributed by atoms with Gasteiger partial charge in [0.1, 0.15) is 5.54 Å². The number of hydrogen-bond acceptors (Lipinski definition) is 4. The molecule has 6 nitrogen and oxygen atoms in total. The van der Waals surface area contributed by atoms with Gasteiger partial charge < -0.3 is 4.90 Å². The van der Waals surface area contributed by atoms with Crippen LogP contribution in [0.4, 0.5) is 10.5 Å². The van der Waals surface area contributed by atoms with Gasteiger partial charge in [-0.1, -0.05) is 66.2 Å². The van der Waals surface area contributed by atoms with Crippen LogP contribution in [0.15, 0.2) is 77.7 Å². The lowest BCUT2D eigenvalue weighted by molar-refractivity contribution is -0.123. The summed E-state index contributed by atoms with van der Waals surface area (Å²) >= 11 is 6.33. The maximum atomic E-state index is 13.5. The Morgan fingerprint density at radius 1 is 0.882 bits per heavy atom. The van der Waals surface area contributed by atoms with Crippen LogP contribution < -0.4 is 4.90 Å². The minimum atomic E-state index is -3.48. The minimum Gasteiger partial charge on any atom is -0.305 e. The molecular formula is C26H25ClN2O4S. The van der Waals surface area contributed by atoms with Gasteiger partial charge in [-0.25, -0.2) is 18.1 Å². The second-order valence-corrected chi connectivity index (χ2v) is 11.3. The van der Waals surface area contributed by atoms with Gasteiger partial charge in [-0.3, -0.25) is 4.79 Å². The number of halogens is 1. The van der Waals surface area contributed by atoms with Crippen LogP contribution in [0.5, 0.6) is 0 Å². The Morgan fingerprint density at radius 2 is 1.50 bits per heavy atom. The fourth-order valence-electron chi connectivity index (χ4n) is 4.08. The first-order valence-corrected chi connectivity index (χ1v) is 13.0. The molecule has 0 radical (unpaired) electrons. The van der Waals surface area contributed by atoms with E-state index in [2.05, 4.69) is 12.1 Å². The fourth-order valence-corrected chi connectivity index (χ4v) is 5.06. The first kappa shape index (κ1) is 24.0. The predicted molar refractivity (Wildman–Crippen MR) is 133 cm³/mol. The second kappa shape index (κ2) is 8.89. The molecule has 0 spiro atoms. The van der Waals surface area contributed by atoms with E-state index in [-0.39, 0.29) is 22.2 Å².